The van der Waals surface area contributed by atoms with Crippen molar-refractivity contribution in [2.45, 2.75) is 20.8 Å². The van der Waals surface area contributed by atoms with Crippen LogP contribution in [0.3, 0.4) is 0 Å². The molecule has 0 aliphatic carbocycles. The fourth-order valence-electron chi connectivity index (χ4n) is 0.658. The summed E-state index contributed by atoms with van der Waals surface area (Å²) in [7, 11) is 0. The van der Waals surface area contributed by atoms with Crippen LogP contribution in [0.1, 0.15) is 17.1 Å². The smallest absolute Gasteiger partial charge is 0.0588 e. The summed E-state index contributed by atoms with van der Waals surface area (Å²) in [4.78, 5) is 8.33. The van der Waals surface area contributed by atoms with E-state index in [-0.39, 0.29) is 12.4 Å². The molecule has 56 valence electrons. The Kier molecular flexibility index (Phi) is 3.30. The summed E-state index contributed by atoms with van der Waals surface area (Å²) in [5.41, 5.74) is 3.02. The highest BCUT2D eigenvalue weighted by molar-refractivity contribution is 5.85. The first-order chi connectivity index (χ1) is 4.20. The van der Waals surface area contributed by atoms with E-state index in [4.69, 9.17) is 0 Å². The van der Waals surface area contributed by atoms with E-state index in [1.165, 1.54) is 0 Å². The first-order valence-corrected chi connectivity index (χ1v) is 2.97. The lowest BCUT2D eigenvalue weighted by Crippen LogP contribution is -1.92. The zero-order chi connectivity index (χ0) is 6.85. The van der Waals surface area contributed by atoms with E-state index in [0.717, 1.165) is 17.1 Å². The second-order valence-corrected chi connectivity index (χ2v) is 2.18. The normalized spacial score (nSPS) is 8.70. The van der Waals surface area contributed by atoms with Crippen LogP contribution in [-0.2, 0) is 0 Å². The average Bonchev–Trinajstić information content (AvgIpc) is 1.80. The maximum Gasteiger partial charge on any atom is 0.0588 e. The van der Waals surface area contributed by atoms with Crippen molar-refractivity contribution in [2.75, 3.05) is 0 Å². The van der Waals surface area contributed by atoms with Gasteiger partial charge in [0.1, 0.15) is 0 Å². The molecular weight excluding hydrogens is 148 g/mol. The Morgan fingerprint density at radius 3 is 2.10 bits per heavy atom. The van der Waals surface area contributed by atoms with Crippen molar-refractivity contribution in [3.63, 3.8) is 0 Å². The Bertz CT molecular complexity index is 223. The van der Waals surface area contributed by atoms with Crippen LogP contribution in [0.5, 0.6) is 0 Å². The molecule has 0 aromatic carbocycles. The summed E-state index contributed by atoms with van der Waals surface area (Å²) >= 11 is 0. The van der Waals surface area contributed by atoms with Gasteiger partial charge in [0.25, 0.3) is 0 Å². The van der Waals surface area contributed by atoms with E-state index in [0.29, 0.717) is 0 Å². The van der Waals surface area contributed by atoms with Crippen LogP contribution in [0.15, 0.2) is 6.20 Å². The van der Waals surface area contributed by atoms with Gasteiger partial charge in [-0.1, -0.05) is 0 Å². The lowest BCUT2D eigenvalue weighted by Gasteiger charge is -1.96. The molecule has 0 fully saturated rings. The van der Waals surface area contributed by atoms with Gasteiger partial charge in [-0.15, -0.1) is 12.4 Å². The van der Waals surface area contributed by atoms with Crippen LogP contribution in [0.25, 0.3) is 0 Å². The molecule has 0 radical (unpaired) electrons. The highest BCUT2D eigenvalue weighted by Gasteiger charge is 1.92. The van der Waals surface area contributed by atoms with Crippen LogP contribution in [0.2, 0.25) is 0 Å². The zero-order valence-corrected chi connectivity index (χ0v) is 7.20. The molecule has 3 heteroatoms. The van der Waals surface area contributed by atoms with E-state index in [9.17, 15) is 0 Å². The Hall–Kier alpha value is -0.630. The average molecular weight is 159 g/mol. The summed E-state index contributed by atoms with van der Waals surface area (Å²) < 4.78 is 0. The van der Waals surface area contributed by atoms with E-state index in [1.807, 2.05) is 20.8 Å². The zero-order valence-electron chi connectivity index (χ0n) is 6.38. The Morgan fingerprint density at radius 1 is 1.10 bits per heavy atom. The van der Waals surface area contributed by atoms with Crippen molar-refractivity contribution in [3.05, 3.63) is 23.3 Å². The molecule has 10 heavy (non-hydrogen) atoms. The second kappa shape index (κ2) is 3.52. The molecule has 1 aromatic heterocycles. The number of hydrogen-bond donors (Lipinski definition) is 0. The molecule has 0 amide bonds. The molecule has 1 rings (SSSR count). The van der Waals surface area contributed by atoms with Crippen molar-refractivity contribution in [3.8, 4) is 0 Å². The predicted molar refractivity (Wildman–Crippen MR) is 43.5 cm³/mol. The first-order valence-electron chi connectivity index (χ1n) is 2.97. The maximum absolute atomic E-state index is 4.21. The van der Waals surface area contributed by atoms with Crippen molar-refractivity contribution in [1.82, 2.24) is 9.97 Å². The molecule has 0 aliphatic rings. The van der Waals surface area contributed by atoms with E-state index >= 15 is 0 Å². The lowest BCUT2D eigenvalue weighted by molar-refractivity contribution is 1.00. The maximum atomic E-state index is 4.21. The van der Waals surface area contributed by atoms with Crippen molar-refractivity contribution < 1.29 is 0 Å². The molecule has 0 bridgehead atoms. The first kappa shape index (κ1) is 9.37. The Morgan fingerprint density at radius 2 is 1.70 bits per heavy atom. The highest BCUT2D eigenvalue weighted by atomic mass is 35.5. The third-order valence-electron chi connectivity index (χ3n) is 1.31. The van der Waals surface area contributed by atoms with Gasteiger partial charge in [0, 0.05) is 6.20 Å². The number of nitrogens with zero attached hydrogens (tertiary/aromatic N) is 2. The topological polar surface area (TPSA) is 25.8 Å². The third kappa shape index (κ3) is 1.95. The standard InChI is InChI=1S/C7H10N2.ClH/c1-5-4-8-6(2)7(3)9-5;/h4H,1-3H3;1H. The van der Waals surface area contributed by atoms with Gasteiger partial charge in [-0.2, -0.15) is 0 Å². The Labute approximate surface area is 67.1 Å². The van der Waals surface area contributed by atoms with Gasteiger partial charge in [0.2, 0.25) is 0 Å². The fraction of sp³-hybridized carbons (Fsp3) is 0.429. The minimum atomic E-state index is 0. The minimum absolute atomic E-state index is 0. The van der Waals surface area contributed by atoms with Crippen LogP contribution in [0, 0.1) is 20.8 Å². The summed E-state index contributed by atoms with van der Waals surface area (Å²) in [6.45, 7) is 5.87. The van der Waals surface area contributed by atoms with Gasteiger partial charge in [-0.3, -0.25) is 9.97 Å². The number of hydrogen-bond acceptors (Lipinski definition) is 2. The third-order valence-corrected chi connectivity index (χ3v) is 1.31. The molecule has 0 saturated carbocycles. The molecule has 0 N–H and O–H groups in total. The summed E-state index contributed by atoms with van der Waals surface area (Å²) in [6.07, 6.45) is 1.78. The molecule has 0 atom stereocenters. The monoisotopic (exact) mass is 158 g/mol. The Balaban J connectivity index is 0.000000810. The quantitative estimate of drug-likeness (QED) is 0.576. The number of aryl methyl sites for hydroxylation is 3. The van der Waals surface area contributed by atoms with Gasteiger partial charge in [0.15, 0.2) is 0 Å². The van der Waals surface area contributed by atoms with Crippen LogP contribution >= 0.6 is 12.4 Å². The van der Waals surface area contributed by atoms with E-state index < -0.39 is 0 Å². The molecule has 1 aromatic rings. The van der Waals surface area contributed by atoms with Gasteiger partial charge in [-0.25, -0.2) is 0 Å². The number of aromatic nitrogens is 2. The van der Waals surface area contributed by atoms with E-state index in [1.54, 1.807) is 6.20 Å². The molecule has 0 aliphatic heterocycles. The molecule has 1 heterocycles. The summed E-state index contributed by atoms with van der Waals surface area (Å²) in [5, 5.41) is 0. The van der Waals surface area contributed by atoms with Crippen molar-refractivity contribution in [1.29, 1.82) is 0 Å². The molecule has 0 spiro atoms. The van der Waals surface area contributed by atoms with Gasteiger partial charge >= 0.3 is 0 Å². The van der Waals surface area contributed by atoms with Crippen LogP contribution < -0.4 is 0 Å². The molecule has 0 saturated heterocycles. The SMILES string of the molecule is Cc1cnc(C)c(C)n1.Cl. The largest absolute Gasteiger partial charge is 0.258 e. The molecular formula is C7H11ClN2. The van der Waals surface area contributed by atoms with Gasteiger partial charge < -0.3 is 0 Å². The van der Waals surface area contributed by atoms with Gasteiger partial charge in [0.05, 0.1) is 17.1 Å². The lowest BCUT2D eigenvalue weighted by atomic mass is 10.3. The summed E-state index contributed by atoms with van der Waals surface area (Å²) in [5.74, 6) is 0. The molecule has 0 unspecified atom stereocenters. The fourth-order valence-corrected chi connectivity index (χ4v) is 0.658. The van der Waals surface area contributed by atoms with Crippen LogP contribution in [-0.4, -0.2) is 9.97 Å². The van der Waals surface area contributed by atoms with Gasteiger partial charge in [-0.05, 0) is 20.8 Å². The van der Waals surface area contributed by atoms with E-state index in [2.05, 4.69) is 9.97 Å². The second-order valence-electron chi connectivity index (χ2n) is 2.18. The van der Waals surface area contributed by atoms with Crippen molar-refractivity contribution in [2.24, 2.45) is 0 Å². The highest BCUT2D eigenvalue weighted by Crippen LogP contribution is 1.98. The van der Waals surface area contributed by atoms with Crippen LogP contribution in [0.4, 0.5) is 0 Å². The van der Waals surface area contributed by atoms with Crippen molar-refractivity contribution >= 4 is 12.4 Å². The molecule has 2 nitrogen and oxygen atoms in total. The summed E-state index contributed by atoms with van der Waals surface area (Å²) in [6, 6.07) is 0. The number of rotatable bonds is 0. The predicted octanol–water partition coefficient (Wildman–Crippen LogP) is 1.82. The minimum Gasteiger partial charge on any atom is -0.258 e. The number of halogens is 1.